The van der Waals surface area contributed by atoms with E-state index >= 15 is 0 Å². The van der Waals surface area contributed by atoms with Crippen molar-refractivity contribution in [3.05, 3.63) is 98.6 Å². The molecule has 0 spiro atoms. The van der Waals surface area contributed by atoms with Crippen LogP contribution in [-0.2, 0) is 9.59 Å². The van der Waals surface area contributed by atoms with Gasteiger partial charge < -0.3 is 0 Å². The molecular weight excluding hydrogens is 501 g/mol. The first-order chi connectivity index (χ1) is 15.1. The Kier molecular flexibility index (Phi) is 3.25. The number of halogens is 1. The number of benzene rings is 3. The van der Waals surface area contributed by atoms with Crippen LogP contribution in [0.25, 0.3) is 0 Å². The molecular formula is C25H16IN3O2. The standard InChI is InChI=1S/C25H16IN3O2/c26-14-9-11-15(12-10-14)29-22(30)24-13-27-28-25(24,23(29)31)21-18-7-3-1-5-16(18)20(24)17-6-2-4-8-19(17)21/h1-12,20-21H,13H2. The van der Waals surface area contributed by atoms with Crippen molar-refractivity contribution < 1.29 is 9.59 Å². The number of imide groups is 1. The number of nitrogens with zero attached hydrogens (tertiary/aromatic N) is 3. The molecule has 2 bridgehead atoms. The highest BCUT2D eigenvalue weighted by atomic mass is 127. The van der Waals surface area contributed by atoms with Gasteiger partial charge in [-0.05, 0) is 69.1 Å². The molecule has 2 atom stereocenters. The third-order valence-electron chi connectivity index (χ3n) is 7.57. The number of carbonyl (C=O) groups excluding carboxylic acids is 2. The lowest BCUT2D eigenvalue weighted by Gasteiger charge is -2.54. The summed E-state index contributed by atoms with van der Waals surface area (Å²) in [7, 11) is 0. The van der Waals surface area contributed by atoms with E-state index in [0.29, 0.717) is 5.69 Å². The molecule has 31 heavy (non-hydrogen) atoms. The Hall–Kier alpha value is -2.87. The summed E-state index contributed by atoms with van der Waals surface area (Å²) in [6.45, 7) is 0.238. The van der Waals surface area contributed by atoms with Crippen molar-refractivity contribution in [1.82, 2.24) is 0 Å². The van der Waals surface area contributed by atoms with Crippen molar-refractivity contribution in [2.45, 2.75) is 17.4 Å². The van der Waals surface area contributed by atoms with E-state index in [-0.39, 0.29) is 30.2 Å². The molecule has 0 aromatic heterocycles. The predicted octanol–water partition coefficient (Wildman–Crippen LogP) is 4.65. The van der Waals surface area contributed by atoms with Crippen LogP contribution in [-0.4, -0.2) is 23.9 Å². The molecule has 0 radical (unpaired) electrons. The largest absolute Gasteiger partial charge is 0.273 e. The average molecular weight is 517 g/mol. The highest BCUT2D eigenvalue weighted by molar-refractivity contribution is 14.1. The van der Waals surface area contributed by atoms with Crippen LogP contribution in [0.4, 0.5) is 5.69 Å². The predicted molar refractivity (Wildman–Crippen MR) is 123 cm³/mol. The van der Waals surface area contributed by atoms with Crippen molar-refractivity contribution in [1.29, 1.82) is 0 Å². The second-order valence-electron chi connectivity index (χ2n) is 8.68. The van der Waals surface area contributed by atoms with E-state index in [2.05, 4.69) is 57.1 Å². The first kappa shape index (κ1) is 17.8. The van der Waals surface area contributed by atoms with Crippen LogP contribution in [0.1, 0.15) is 34.1 Å². The first-order valence-corrected chi connectivity index (χ1v) is 11.4. The van der Waals surface area contributed by atoms with Crippen molar-refractivity contribution in [3.63, 3.8) is 0 Å². The van der Waals surface area contributed by atoms with E-state index in [1.165, 1.54) is 4.90 Å². The molecule has 2 heterocycles. The molecule has 2 unspecified atom stereocenters. The lowest BCUT2D eigenvalue weighted by Crippen LogP contribution is -2.61. The van der Waals surface area contributed by atoms with E-state index in [4.69, 9.17) is 0 Å². The van der Waals surface area contributed by atoms with Gasteiger partial charge in [-0.3, -0.25) is 9.59 Å². The van der Waals surface area contributed by atoms with E-state index in [1.54, 1.807) is 0 Å². The fraction of sp³-hybridized carbons (Fsp3) is 0.200. The minimum atomic E-state index is -1.22. The van der Waals surface area contributed by atoms with Gasteiger partial charge in [0.25, 0.3) is 5.91 Å². The average Bonchev–Trinajstić information content (AvgIpc) is 3.30. The van der Waals surface area contributed by atoms with Crippen LogP contribution < -0.4 is 4.90 Å². The van der Waals surface area contributed by atoms with Crippen molar-refractivity contribution in [2.24, 2.45) is 15.6 Å². The van der Waals surface area contributed by atoms with E-state index < -0.39 is 11.0 Å². The minimum absolute atomic E-state index is 0.178. The number of anilines is 1. The second kappa shape index (κ2) is 5.68. The number of hydrogen-bond donors (Lipinski definition) is 0. The molecule has 5 nitrogen and oxygen atoms in total. The minimum Gasteiger partial charge on any atom is -0.273 e. The summed E-state index contributed by atoms with van der Waals surface area (Å²) in [5.74, 6) is -0.992. The summed E-state index contributed by atoms with van der Waals surface area (Å²) < 4.78 is 1.05. The Labute approximate surface area is 192 Å². The maximum Gasteiger partial charge on any atom is 0.265 e. The molecule has 150 valence electrons. The molecule has 0 N–H and O–H groups in total. The van der Waals surface area contributed by atoms with E-state index in [1.807, 2.05) is 48.5 Å². The number of azo groups is 1. The molecule has 1 fully saturated rings. The van der Waals surface area contributed by atoms with E-state index in [0.717, 1.165) is 25.8 Å². The van der Waals surface area contributed by atoms with Crippen LogP contribution in [0.15, 0.2) is 83.0 Å². The number of hydrogen-bond acceptors (Lipinski definition) is 4. The van der Waals surface area contributed by atoms with Gasteiger partial charge in [-0.1, -0.05) is 48.5 Å². The summed E-state index contributed by atoms with van der Waals surface area (Å²) in [6.07, 6.45) is 0. The van der Waals surface area contributed by atoms with Crippen LogP contribution in [0, 0.1) is 8.99 Å². The molecule has 8 rings (SSSR count). The zero-order valence-electron chi connectivity index (χ0n) is 16.3. The topological polar surface area (TPSA) is 62.1 Å². The van der Waals surface area contributed by atoms with Gasteiger partial charge in [0.05, 0.1) is 12.2 Å². The molecule has 0 saturated carbocycles. The molecule has 3 aliphatic carbocycles. The van der Waals surface area contributed by atoms with Crippen LogP contribution >= 0.6 is 22.6 Å². The normalized spacial score (nSPS) is 31.5. The molecule has 6 heteroatoms. The first-order valence-electron chi connectivity index (χ1n) is 10.3. The summed E-state index contributed by atoms with van der Waals surface area (Å²) in [6, 6.07) is 23.9. The smallest absolute Gasteiger partial charge is 0.265 e. The fourth-order valence-corrected chi connectivity index (χ4v) is 6.84. The molecule has 3 aromatic rings. The highest BCUT2D eigenvalue weighted by Gasteiger charge is 2.82. The van der Waals surface area contributed by atoms with Gasteiger partial charge in [0.15, 0.2) is 5.54 Å². The molecule has 5 aliphatic rings. The lowest BCUT2D eigenvalue weighted by molar-refractivity contribution is -0.129. The summed E-state index contributed by atoms with van der Waals surface area (Å²) in [5.41, 5.74) is 2.80. The van der Waals surface area contributed by atoms with Gasteiger partial charge in [-0.15, -0.1) is 0 Å². The van der Waals surface area contributed by atoms with Crippen LogP contribution in [0.2, 0.25) is 0 Å². The SMILES string of the molecule is O=C1N(c2ccc(I)cc2)C(=O)C23N=NCC12C1c2ccccc2C3c2ccccc21. The molecule has 3 aromatic carbocycles. The zero-order chi connectivity index (χ0) is 21.0. The van der Waals surface area contributed by atoms with Crippen molar-refractivity contribution >= 4 is 40.1 Å². The van der Waals surface area contributed by atoms with Crippen LogP contribution in [0.5, 0.6) is 0 Å². The molecule has 1 saturated heterocycles. The third kappa shape index (κ3) is 1.78. The van der Waals surface area contributed by atoms with Crippen molar-refractivity contribution in [2.75, 3.05) is 11.4 Å². The molecule has 2 aliphatic heterocycles. The summed E-state index contributed by atoms with van der Waals surface area (Å²) >= 11 is 2.22. The summed E-state index contributed by atoms with van der Waals surface area (Å²) in [4.78, 5) is 29.8. The number of amides is 2. The Bertz CT molecular complexity index is 1300. The Morgan fingerprint density at radius 3 is 1.90 bits per heavy atom. The van der Waals surface area contributed by atoms with Gasteiger partial charge in [-0.2, -0.15) is 10.2 Å². The lowest BCUT2D eigenvalue weighted by atomic mass is 9.45. The number of rotatable bonds is 1. The second-order valence-corrected chi connectivity index (χ2v) is 9.93. The Balaban J connectivity index is 1.57. The van der Waals surface area contributed by atoms with Gasteiger partial charge in [-0.25, -0.2) is 4.90 Å². The summed E-state index contributed by atoms with van der Waals surface area (Å²) in [5, 5.41) is 9.06. The van der Waals surface area contributed by atoms with Crippen LogP contribution in [0.3, 0.4) is 0 Å². The molecule has 2 amide bonds. The van der Waals surface area contributed by atoms with Gasteiger partial charge in [0.1, 0.15) is 5.41 Å². The maximum atomic E-state index is 14.2. The third-order valence-corrected chi connectivity index (χ3v) is 8.29. The van der Waals surface area contributed by atoms with Gasteiger partial charge >= 0.3 is 0 Å². The van der Waals surface area contributed by atoms with Gasteiger partial charge in [0, 0.05) is 15.4 Å². The quantitative estimate of drug-likeness (QED) is 0.349. The van der Waals surface area contributed by atoms with E-state index in [9.17, 15) is 9.59 Å². The monoisotopic (exact) mass is 517 g/mol. The fourth-order valence-electron chi connectivity index (χ4n) is 6.48. The zero-order valence-corrected chi connectivity index (χ0v) is 18.5. The number of carbonyl (C=O) groups is 2. The Morgan fingerprint density at radius 2 is 1.32 bits per heavy atom. The maximum absolute atomic E-state index is 14.2. The van der Waals surface area contributed by atoms with Crippen molar-refractivity contribution in [3.8, 4) is 0 Å². The Morgan fingerprint density at radius 1 is 0.774 bits per heavy atom. The highest BCUT2D eigenvalue weighted by Crippen LogP contribution is 2.72. The van der Waals surface area contributed by atoms with Gasteiger partial charge in [0.2, 0.25) is 5.91 Å².